The van der Waals surface area contributed by atoms with Gasteiger partial charge in [-0.15, -0.1) is 0 Å². The molecule has 1 fully saturated rings. The molecule has 66 valence electrons. The molecular weight excluding hydrogens is 160 g/mol. The quantitative estimate of drug-likeness (QED) is 0.588. The van der Waals surface area contributed by atoms with Crippen molar-refractivity contribution in [3.8, 4) is 0 Å². The van der Waals surface area contributed by atoms with Crippen LogP contribution in [0.1, 0.15) is 41.1 Å². The molecule has 2 atom stereocenters. The average molecular weight is 172 g/mol. The lowest BCUT2D eigenvalue weighted by Gasteiger charge is -2.03. The van der Waals surface area contributed by atoms with Crippen LogP contribution in [-0.2, 0) is 0 Å². The molecule has 0 radical (unpaired) electrons. The first-order valence-corrected chi connectivity index (χ1v) is 4.98. The van der Waals surface area contributed by atoms with Crippen molar-refractivity contribution in [1.29, 1.82) is 0 Å². The van der Waals surface area contributed by atoms with Crippen LogP contribution in [0.5, 0.6) is 0 Å². The number of benzene rings is 1. The summed E-state index contributed by atoms with van der Waals surface area (Å²) in [5.74, 6) is 1.87. The van der Waals surface area contributed by atoms with Crippen LogP contribution in [0.2, 0.25) is 0 Å². The topological polar surface area (TPSA) is 17.1 Å². The van der Waals surface area contributed by atoms with Gasteiger partial charge in [-0.3, -0.25) is 4.79 Å². The molecule has 0 N–H and O–H groups in total. The molecule has 0 aromatic heterocycles. The minimum atomic E-state index is 0.350. The Morgan fingerprint density at radius 2 is 2.08 bits per heavy atom. The summed E-state index contributed by atoms with van der Waals surface area (Å²) in [5, 5.41) is 0. The molecule has 0 heterocycles. The fourth-order valence-electron chi connectivity index (χ4n) is 2.47. The molecule has 1 saturated carbocycles. The summed E-state index contributed by atoms with van der Waals surface area (Å²) < 4.78 is 0. The monoisotopic (exact) mass is 172 g/mol. The number of ketones is 1. The summed E-state index contributed by atoms with van der Waals surface area (Å²) in [4.78, 5) is 11.7. The summed E-state index contributed by atoms with van der Waals surface area (Å²) in [6.07, 6.45) is 3.18. The van der Waals surface area contributed by atoms with Gasteiger partial charge in [0.1, 0.15) is 0 Å². The van der Waals surface area contributed by atoms with E-state index in [0.29, 0.717) is 11.7 Å². The first kappa shape index (κ1) is 7.31. The molecule has 0 amide bonds. The maximum atomic E-state index is 11.7. The molecule has 0 bridgehead atoms. The molecule has 0 aliphatic heterocycles. The van der Waals surface area contributed by atoms with Gasteiger partial charge < -0.3 is 0 Å². The lowest BCUT2D eigenvalue weighted by atomic mass is 10.0. The summed E-state index contributed by atoms with van der Waals surface area (Å²) in [6.45, 7) is 0. The van der Waals surface area contributed by atoms with E-state index in [1.807, 2.05) is 18.2 Å². The first-order chi connectivity index (χ1) is 6.36. The van der Waals surface area contributed by atoms with Crippen molar-refractivity contribution in [2.45, 2.75) is 25.2 Å². The van der Waals surface area contributed by atoms with Gasteiger partial charge in [-0.05, 0) is 30.2 Å². The van der Waals surface area contributed by atoms with Crippen LogP contribution in [0.4, 0.5) is 0 Å². The highest BCUT2D eigenvalue weighted by atomic mass is 16.1. The van der Waals surface area contributed by atoms with Gasteiger partial charge in [-0.2, -0.15) is 0 Å². The normalized spacial score (nSPS) is 30.3. The molecule has 3 rings (SSSR count). The molecule has 1 aromatic rings. The Morgan fingerprint density at radius 3 is 3.00 bits per heavy atom. The van der Waals surface area contributed by atoms with Crippen molar-refractivity contribution in [2.24, 2.45) is 5.92 Å². The zero-order valence-corrected chi connectivity index (χ0v) is 7.49. The molecule has 1 nitrogen and oxygen atoms in total. The van der Waals surface area contributed by atoms with Crippen molar-refractivity contribution < 1.29 is 4.79 Å². The van der Waals surface area contributed by atoms with Gasteiger partial charge >= 0.3 is 0 Å². The van der Waals surface area contributed by atoms with E-state index in [4.69, 9.17) is 0 Å². The molecule has 13 heavy (non-hydrogen) atoms. The van der Waals surface area contributed by atoms with E-state index in [1.54, 1.807) is 0 Å². The fourth-order valence-corrected chi connectivity index (χ4v) is 2.47. The number of carbonyl (C=O) groups excluding carboxylic acids is 1. The van der Waals surface area contributed by atoms with Gasteiger partial charge in [0.05, 0.1) is 0 Å². The minimum absolute atomic E-state index is 0.350. The van der Waals surface area contributed by atoms with Gasteiger partial charge in [-0.1, -0.05) is 24.3 Å². The number of hydrogen-bond acceptors (Lipinski definition) is 1. The van der Waals surface area contributed by atoms with E-state index in [0.717, 1.165) is 24.3 Å². The predicted octanol–water partition coefficient (Wildman–Crippen LogP) is 2.77. The zero-order valence-electron chi connectivity index (χ0n) is 7.49. The molecule has 1 heteroatoms. The van der Waals surface area contributed by atoms with Crippen LogP contribution in [-0.4, -0.2) is 5.78 Å². The molecular formula is C12H12O. The van der Waals surface area contributed by atoms with Crippen LogP contribution < -0.4 is 0 Å². The summed E-state index contributed by atoms with van der Waals surface area (Å²) >= 11 is 0. The maximum absolute atomic E-state index is 11.7. The predicted molar refractivity (Wildman–Crippen MR) is 50.9 cm³/mol. The van der Waals surface area contributed by atoms with E-state index in [9.17, 15) is 4.79 Å². The lowest BCUT2D eigenvalue weighted by molar-refractivity contribution is 0.0980. The Balaban J connectivity index is 2.15. The van der Waals surface area contributed by atoms with Crippen LogP contribution in [0, 0.1) is 5.92 Å². The third-order valence-electron chi connectivity index (χ3n) is 3.33. The van der Waals surface area contributed by atoms with E-state index < -0.39 is 0 Å². The van der Waals surface area contributed by atoms with Gasteiger partial charge in [0.25, 0.3) is 0 Å². The molecule has 0 spiro atoms. The van der Waals surface area contributed by atoms with Crippen LogP contribution in [0.3, 0.4) is 0 Å². The number of Topliss-reactive ketones (excluding diaryl/α,β-unsaturated/α-hetero) is 1. The summed E-state index contributed by atoms with van der Waals surface area (Å²) in [5.41, 5.74) is 2.31. The van der Waals surface area contributed by atoms with Crippen molar-refractivity contribution in [3.05, 3.63) is 35.4 Å². The molecule has 0 unspecified atom stereocenters. The van der Waals surface area contributed by atoms with Gasteiger partial charge in [0.2, 0.25) is 0 Å². The Hall–Kier alpha value is -1.11. The third kappa shape index (κ3) is 1.03. The SMILES string of the molecule is O=C1CC[C@@H]2C[C@@H]2c2ccccc21. The number of rotatable bonds is 0. The molecule has 2 aliphatic rings. The van der Waals surface area contributed by atoms with E-state index >= 15 is 0 Å². The lowest BCUT2D eigenvalue weighted by Crippen LogP contribution is -2.00. The molecule has 0 saturated heterocycles. The van der Waals surface area contributed by atoms with Gasteiger partial charge in [-0.25, -0.2) is 0 Å². The Kier molecular flexibility index (Phi) is 1.37. The highest BCUT2D eigenvalue weighted by Crippen LogP contribution is 2.53. The molecule has 1 aromatic carbocycles. The van der Waals surface area contributed by atoms with Crippen molar-refractivity contribution in [3.63, 3.8) is 0 Å². The summed E-state index contributed by atoms with van der Waals surface area (Å²) in [7, 11) is 0. The van der Waals surface area contributed by atoms with Crippen molar-refractivity contribution in [2.75, 3.05) is 0 Å². The highest BCUT2D eigenvalue weighted by molar-refractivity contribution is 5.98. The number of carbonyl (C=O) groups is 1. The Labute approximate surface area is 77.8 Å². The minimum Gasteiger partial charge on any atom is -0.294 e. The average Bonchev–Trinajstić information content (AvgIpc) is 2.92. The van der Waals surface area contributed by atoms with E-state index in [-0.39, 0.29) is 0 Å². The van der Waals surface area contributed by atoms with Crippen molar-refractivity contribution >= 4 is 5.78 Å². The van der Waals surface area contributed by atoms with Gasteiger partial charge in [0, 0.05) is 12.0 Å². The second kappa shape index (κ2) is 2.44. The smallest absolute Gasteiger partial charge is 0.163 e. The number of hydrogen-bond donors (Lipinski definition) is 0. The molecule has 2 aliphatic carbocycles. The second-order valence-corrected chi connectivity index (χ2v) is 4.15. The van der Waals surface area contributed by atoms with Gasteiger partial charge in [0.15, 0.2) is 5.78 Å². The van der Waals surface area contributed by atoms with Crippen LogP contribution in [0.15, 0.2) is 24.3 Å². The van der Waals surface area contributed by atoms with Crippen LogP contribution in [0.25, 0.3) is 0 Å². The highest BCUT2D eigenvalue weighted by Gasteiger charge is 2.41. The Morgan fingerprint density at radius 1 is 1.23 bits per heavy atom. The largest absolute Gasteiger partial charge is 0.294 e. The fraction of sp³-hybridized carbons (Fsp3) is 0.417. The van der Waals surface area contributed by atoms with E-state index in [1.165, 1.54) is 12.0 Å². The van der Waals surface area contributed by atoms with Crippen molar-refractivity contribution in [1.82, 2.24) is 0 Å². The standard InChI is InChI=1S/C12H12O/c13-12-6-5-8-7-11(8)9-3-1-2-4-10(9)12/h1-4,8,11H,5-7H2/t8-,11+/m1/s1. The van der Waals surface area contributed by atoms with E-state index in [2.05, 4.69) is 6.07 Å². The second-order valence-electron chi connectivity index (χ2n) is 4.15. The third-order valence-corrected chi connectivity index (χ3v) is 3.33. The first-order valence-electron chi connectivity index (χ1n) is 4.98. The zero-order chi connectivity index (χ0) is 8.84. The Bertz CT molecular complexity index is 367. The maximum Gasteiger partial charge on any atom is 0.163 e. The summed E-state index contributed by atoms with van der Waals surface area (Å²) in [6, 6.07) is 8.13. The number of fused-ring (bicyclic) bond motifs is 3. The van der Waals surface area contributed by atoms with Crippen LogP contribution >= 0.6 is 0 Å².